The number of hydrogen-bond donors (Lipinski definition) is 1. The van der Waals surface area contributed by atoms with E-state index in [4.69, 9.17) is 9.52 Å². The second-order valence-corrected chi connectivity index (χ2v) is 7.00. The first-order valence-electron chi connectivity index (χ1n) is 6.69. The monoisotopic (exact) mass is 287 g/mol. The first kappa shape index (κ1) is 14.6. The third kappa shape index (κ3) is 3.19. The largest absolute Gasteiger partial charge is 0.462 e. The number of aliphatic hydroxyl groups is 1. The Morgan fingerprint density at radius 2 is 2.16 bits per heavy atom. The smallest absolute Gasteiger partial charge is 0.246 e. The molecule has 0 unspecified atom stereocenters. The maximum atomic E-state index is 12.6. The van der Waals surface area contributed by atoms with Crippen LogP contribution in [0.3, 0.4) is 0 Å². The van der Waals surface area contributed by atoms with E-state index in [1.165, 1.54) is 6.07 Å². The van der Waals surface area contributed by atoms with Crippen molar-refractivity contribution in [3.63, 3.8) is 0 Å². The summed E-state index contributed by atoms with van der Waals surface area (Å²) in [6.07, 6.45) is 3.01. The summed E-state index contributed by atoms with van der Waals surface area (Å²) in [5.74, 6) is 1.14. The zero-order valence-electron chi connectivity index (χ0n) is 11.4. The van der Waals surface area contributed by atoms with E-state index >= 15 is 0 Å². The average Bonchev–Trinajstić information content (AvgIpc) is 3.09. The molecule has 1 fully saturated rings. The van der Waals surface area contributed by atoms with Crippen molar-refractivity contribution in [1.82, 2.24) is 4.31 Å². The van der Waals surface area contributed by atoms with Crippen molar-refractivity contribution in [2.45, 2.75) is 44.6 Å². The molecule has 0 bridgehead atoms. The van der Waals surface area contributed by atoms with Crippen molar-refractivity contribution in [2.75, 3.05) is 13.1 Å². The fraction of sp³-hybridized carbons (Fsp3) is 0.692. The summed E-state index contributed by atoms with van der Waals surface area (Å²) in [5, 5.41) is 9.04. The predicted octanol–water partition coefficient (Wildman–Crippen LogP) is 1.89. The summed E-state index contributed by atoms with van der Waals surface area (Å²) < 4.78 is 32.0. The van der Waals surface area contributed by atoms with Crippen molar-refractivity contribution in [2.24, 2.45) is 5.92 Å². The van der Waals surface area contributed by atoms with Gasteiger partial charge in [0.1, 0.15) is 23.0 Å². The topological polar surface area (TPSA) is 70.8 Å². The van der Waals surface area contributed by atoms with Gasteiger partial charge < -0.3 is 9.52 Å². The maximum absolute atomic E-state index is 12.6. The normalized spacial score (nSPS) is 16.2. The maximum Gasteiger partial charge on any atom is 0.246 e. The highest BCUT2D eigenvalue weighted by molar-refractivity contribution is 7.89. The Balaban J connectivity index is 2.28. The van der Waals surface area contributed by atoms with E-state index < -0.39 is 10.0 Å². The SMILES string of the molecule is CCCN(CC1CC1)S(=O)(=O)c1cc(CO)oc1C. The Bertz CT molecular complexity index is 531. The Kier molecular flexibility index (Phi) is 4.32. The van der Waals surface area contributed by atoms with Crippen molar-refractivity contribution in [3.8, 4) is 0 Å². The molecule has 1 aromatic rings. The zero-order chi connectivity index (χ0) is 14.0. The third-order valence-corrected chi connectivity index (χ3v) is 5.30. The molecule has 2 rings (SSSR count). The number of sulfonamides is 1. The van der Waals surface area contributed by atoms with Gasteiger partial charge in [-0.2, -0.15) is 4.31 Å². The van der Waals surface area contributed by atoms with Crippen molar-refractivity contribution in [3.05, 3.63) is 17.6 Å². The quantitative estimate of drug-likeness (QED) is 0.831. The van der Waals surface area contributed by atoms with Gasteiger partial charge in [0.15, 0.2) is 0 Å². The zero-order valence-corrected chi connectivity index (χ0v) is 12.2. The van der Waals surface area contributed by atoms with Crippen LogP contribution in [0.1, 0.15) is 37.7 Å². The molecule has 5 nitrogen and oxygen atoms in total. The summed E-state index contributed by atoms with van der Waals surface area (Å²) in [7, 11) is -3.51. The lowest BCUT2D eigenvalue weighted by molar-refractivity contribution is 0.244. The Morgan fingerprint density at radius 1 is 1.47 bits per heavy atom. The standard InChI is InChI=1S/C13H21NO4S/c1-3-6-14(8-11-4-5-11)19(16,17)13-7-12(9-15)18-10(13)2/h7,11,15H,3-6,8-9H2,1-2H3. The highest BCUT2D eigenvalue weighted by atomic mass is 32.2. The highest BCUT2D eigenvalue weighted by Crippen LogP contribution is 2.32. The van der Waals surface area contributed by atoms with Gasteiger partial charge in [-0.25, -0.2) is 8.42 Å². The van der Waals surface area contributed by atoms with E-state index in [2.05, 4.69) is 0 Å². The van der Waals surface area contributed by atoms with Gasteiger partial charge in [0.05, 0.1) is 0 Å². The summed E-state index contributed by atoms with van der Waals surface area (Å²) in [5.41, 5.74) is 0. The van der Waals surface area contributed by atoms with Gasteiger partial charge in [0.2, 0.25) is 10.0 Å². The van der Waals surface area contributed by atoms with E-state index in [-0.39, 0.29) is 11.5 Å². The summed E-state index contributed by atoms with van der Waals surface area (Å²) >= 11 is 0. The number of aryl methyl sites for hydroxylation is 1. The molecule has 19 heavy (non-hydrogen) atoms. The van der Waals surface area contributed by atoms with Crippen LogP contribution in [0.5, 0.6) is 0 Å². The second kappa shape index (κ2) is 5.64. The van der Waals surface area contributed by atoms with Crippen molar-refractivity contribution in [1.29, 1.82) is 0 Å². The Hall–Kier alpha value is -0.850. The number of hydrogen-bond acceptors (Lipinski definition) is 4. The molecule has 108 valence electrons. The third-order valence-electron chi connectivity index (χ3n) is 3.33. The van der Waals surface area contributed by atoms with Crippen LogP contribution in [0.15, 0.2) is 15.4 Å². The van der Waals surface area contributed by atoms with Gasteiger partial charge in [0.25, 0.3) is 0 Å². The van der Waals surface area contributed by atoms with Gasteiger partial charge >= 0.3 is 0 Å². The Morgan fingerprint density at radius 3 is 2.63 bits per heavy atom. The van der Waals surface area contributed by atoms with Gasteiger partial charge in [-0.3, -0.25) is 0 Å². The minimum Gasteiger partial charge on any atom is -0.462 e. The number of aliphatic hydroxyl groups excluding tert-OH is 1. The van der Waals surface area contributed by atoms with E-state index in [9.17, 15) is 8.42 Å². The van der Waals surface area contributed by atoms with Crippen LogP contribution in [0.25, 0.3) is 0 Å². The number of nitrogens with zero attached hydrogens (tertiary/aromatic N) is 1. The van der Waals surface area contributed by atoms with Gasteiger partial charge in [0, 0.05) is 19.2 Å². The lowest BCUT2D eigenvalue weighted by Crippen LogP contribution is -2.33. The molecule has 0 spiro atoms. The van der Waals surface area contributed by atoms with Gasteiger partial charge in [-0.15, -0.1) is 0 Å². The molecular weight excluding hydrogens is 266 g/mol. The first-order chi connectivity index (χ1) is 8.98. The molecule has 1 aliphatic carbocycles. The molecule has 1 aromatic heterocycles. The molecule has 0 amide bonds. The van der Waals surface area contributed by atoms with Crippen LogP contribution < -0.4 is 0 Å². The highest BCUT2D eigenvalue weighted by Gasteiger charge is 2.33. The molecule has 0 atom stereocenters. The lowest BCUT2D eigenvalue weighted by Gasteiger charge is -2.20. The lowest BCUT2D eigenvalue weighted by atomic mass is 10.4. The minimum atomic E-state index is -3.51. The molecule has 1 N–H and O–H groups in total. The molecule has 0 aliphatic heterocycles. The van der Waals surface area contributed by atoms with E-state index in [0.29, 0.717) is 30.5 Å². The van der Waals surface area contributed by atoms with E-state index in [1.54, 1.807) is 11.2 Å². The fourth-order valence-corrected chi connectivity index (χ4v) is 3.94. The first-order valence-corrected chi connectivity index (χ1v) is 8.13. The summed E-state index contributed by atoms with van der Waals surface area (Å²) in [6.45, 7) is 4.42. The van der Waals surface area contributed by atoms with E-state index in [1.807, 2.05) is 6.92 Å². The van der Waals surface area contributed by atoms with Crippen molar-refractivity contribution >= 4 is 10.0 Å². The molecule has 1 saturated carbocycles. The summed E-state index contributed by atoms with van der Waals surface area (Å²) in [6, 6.07) is 1.43. The molecule has 0 saturated heterocycles. The molecule has 1 heterocycles. The Labute approximate surface area is 114 Å². The molecule has 0 radical (unpaired) electrons. The second-order valence-electron chi connectivity index (χ2n) is 5.10. The van der Waals surface area contributed by atoms with Crippen LogP contribution >= 0.6 is 0 Å². The summed E-state index contributed by atoms with van der Waals surface area (Å²) in [4.78, 5) is 0.186. The molecular formula is C13H21NO4S. The van der Waals surface area contributed by atoms with Crippen LogP contribution in [0, 0.1) is 12.8 Å². The average molecular weight is 287 g/mol. The van der Waals surface area contributed by atoms with Crippen LogP contribution in [0.4, 0.5) is 0 Å². The molecule has 6 heteroatoms. The van der Waals surface area contributed by atoms with Crippen molar-refractivity contribution < 1.29 is 17.9 Å². The minimum absolute atomic E-state index is 0.186. The van der Waals surface area contributed by atoms with Gasteiger partial charge in [-0.05, 0) is 32.1 Å². The van der Waals surface area contributed by atoms with Crippen LogP contribution in [0.2, 0.25) is 0 Å². The van der Waals surface area contributed by atoms with Gasteiger partial charge in [-0.1, -0.05) is 6.92 Å². The number of furan rings is 1. The fourth-order valence-electron chi connectivity index (χ4n) is 2.14. The van der Waals surface area contributed by atoms with Crippen LogP contribution in [-0.4, -0.2) is 30.9 Å². The number of rotatable bonds is 7. The van der Waals surface area contributed by atoms with Crippen LogP contribution in [-0.2, 0) is 16.6 Å². The molecule has 0 aromatic carbocycles. The molecule has 1 aliphatic rings. The van der Waals surface area contributed by atoms with E-state index in [0.717, 1.165) is 19.3 Å². The predicted molar refractivity (Wildman–Crippen MR) is 71.1 cm³/mol.